The van der Waals surface area contributed by atoms with Crippen molar-refractivity contribution in [3.63, 3.8) is 0 Å². The van der Waals surface area contributed by atoms with E-state index in [1.807, 2.05) is 0 Å². The van der Waals surface area contributed by atoms with Gasteiger partial charge in [-0.2, -0.15) is 0 Å². The van der Waals surface area contributed by atoms with Crippen molar-refractivity contribution in [3.8, 4) is 0 Å². The SMILES string of the molecule is CC1C(=O)OC2CC(C)(O)C(OC3OC(CO)C(O)C(O)C3O)CC21. The van der Waals surface area contributed by atoms with Gasteiger partial charge in [-0.3, -0.25) is 4.79 Å². The fourth-order valence-corrected chi connectivity index (χ4v) is 3.97. The normalized spacial score (nSPS) is 53.4. The summed E-state index contributed by atoms with van der Waals surface area (Å²) < 4.78 is 16.4. The Kier molecular flexibility index (Phi) is 5.11. The van der Waals surface area contributed by atoms with Crippen LogP contribution in [-0.2, 0) is 19.0 Å². The Morgan fingerprint density at radius 2 is 1.92 bits per heavy atom. The van der Waals surface area contributed by atoms with Crippen LogP contribution in [0.2, 0.25) is 0 Å². The Bertz CT molecular complexity index is 508. The zero-order valence-corrected chi connectivity index (χ0v) is 14.2. The molecule has 9 nitrogen and oxygen atoms in total. The maximum Gasteiger partial charge on any atom is 0.309 e. The number of rotatable bonds is 3. The Labute approximate surface area is 145 Å². The molecule has 0 aromatic carbocycles. The van der Waals surface area contributed by atoms with Crippen molar-refractivity contribution in [2.45, 2.75) is 75.2 Å². The minimum absolute atomic E-state index is 0.123. The molecule has 10 unspecified atom stereocenters. The minimum atomic E-state index is -1.55. The summed E-state index contributed by atoms with van der Waals surface area (Å²) in [6.45, 7) is 2.75. The zero-order valence-electron chi connectivity index (χ0n) is 14.2. The van der Waals surface area contributed by atoms with Crippen molar-refractivity contribution < 1.29 is 44.5 Å². The lowest BCUT2D eigenvalue weighted by Gasteiger charge is -2.46. The first-order valence-electron chi connectivity index (χ1n) is 8.54. The van der Waals surface area contributed by atoms with Gasteiger partial charge in [0.2, 0.25) is 0 Å². The Hall–Kier alpha value is -0.810. The average molecular weight is 362 g/mol. The number of carbonyl (C=O) groups is 1. The Balaban J connectivity index is 1.73. The summed E-state index contributed by atoms with van der Waals surface area (Å²) in [6, 6.07) is 0. The predicted molar refractivity (Wildman–Crippen MR) is 81.0 cm³/mol. The first-order valence-corrected chi connectivity index (χ1v) is 8.54. The van der Waals surface area contributed by atoms with Crippen LogP contribution in [0.3, 0.4) is 0 Å². The van der Waals surface area contributed by atoms with Gasteiger partial charge in [-0.25, -0.2) is 0 Å². The van der Waals surface area contributed by atoms with Gasteiger partial charge in [0.1, 0.15) is 30.5 Å². The topological polar surface area (TPSA) is 146 Å². The molecular formula is C16H26O9. The van der Waals surface area contributed by atoms with Gasteiger partial charge in [0.15, 0.2) is 6.29 Å². The van der Waals surface area contributed by atoms with E-state index in [1.54, 1.807) is 13.8 Å². The van der Waals surface area contributed by atoms with Gasteiger partial charge in [0.25, 0.3) is 0 Å². The highest BCUT2D eigenvalue weighted by atomic mass is 16.7. The summed E-state index contributed by atoms with van der Waals surface area (Å²) in [7, 11) is 0. The van der Waals surface area contributed by atoms with E-state index < -0.39 is 49.0 Å². The molecule has 2 saturated heterocycles. The number of hydrogen-bond acceptors (Lipinski definition) is 9. The van der Waals surface area contributed by atoms with E-state index in [-0.39, 0.29) is 30.3 Å². The highest BCUT2D eigenvalue weighted by molar-refractivity contribution is 5.75. The molecule has 9 heteroatoms. The molecule has 2 heterocycles. The van der Waals surface area contributed by atoms with Gasteiger partial charge in [-0.05, 0) is 13.3 Å². The molecule has 144 valence electrons. The van der Waals surface area contributed by atoms with Crippen molar-refractivity contribution in [2.75, 3.05) is 6.61 Å². The second-order valence-corrected chi connectivity index (χ2v) is 7.55. The maximum absolute atomic E-state index is 11.8. The molecule has 0 aromatic rings. The van der Waals surface area contributed by atoms with Crippen LogP contribution in [0.4, 0.5) is 0 Å². The molecule has 10 atom stereocenters. The van der Waals surface area contributed by atoms with E-state index in [2.05, 4.69) is 0 Å². The largest absolute Gasteiger partial charge is 0.462 e. The monoisotopic (exact) mass is 362 g/mol. The molecule has 0 amide bonds. The summed E-state index contributed by atoms with van der Waals surface area (Å²) in [5.41, 5.74) is -1.33. The van der Waals surface area contributed by atoms with E-state index in [0.717, 1.165) is 0 Å². The van der Waals surface area contributed by atoms with Gasteiger partial charge in [0.05, 0.1) is 24.2 Å². The van der Waals surface area contributed by atoms with Crippen LogP contribution in [0.5, 0.6) is 0 Å². The molecule has 3 fully saturated rings. The van der Waals surface area contributed by atoms with Gasteiger partial charge >= 0.3 is 5.97 Å². The van der Waals surface area contributed by atoms with Crippen LogP contribution in [-0.4, -0.2) is 86.6 Å². The third-order valence-electron chi connectivity index (χ3n) is 5.70. The minimum Gasteiger partial charge on any atom is -0.462 e. The fraction of sp³-hybridized carbons (Fsp3) is 0.938. The number of aliphatic hydroxyl groups excluding tert-OH is 4. The number of hydrogen-bond donors (Lipinski definition) is 5. The lowest BCUT2D eigenvalue weighted by molar-refractivity contribution is -0.328. The number of esters is 1. The molecule has 0 radical (unpaired) electrons. The third kappa shape index (κ3) is 3.30. The first-order chi connectivity index (χ1) is 11.7. The van der Waals surface area contributed by atoms with Crippen molar-refractivity contribution in [1.29, 1.82) is 0 Å². The summed E-state index contributed by atoms with van der Waals surface area (Å²) in [4.78, 5) is 11.8. The number of ether oxygens (including phenoxy) is 3. The van der Waals surface area contributed by atoms with Crippen molar-refractivity contribution in [2.24, 2.45) is 11.8 Å². The molecule has 5 N–H and O–H groups in total. The first kappa shape index (κ1) is 19.0. The summed E-state index contributed by atoms with van der Waals surface area (Å²) in [5.74, 6) is -0.746. The van der Waals surface area contributed by atoms with Crippen molar-refractivity contribution >= 4 is 5.97 Å². The van der Waals surface area contributed by atoms with Gasteiger partial charge in [0, 0.05) is 12.3 Å². The number of carbonyl (C=O) groups excluding carboxylic acids is 1. The Morgan fingerprint density at radius 1 is 1.24 bits per heavy atom. The molecule has 25 heavy (non-hydrogen) atoms. The summed E-state index contributed by atoms with van der Waals surface area (Å²) in [5, 5.41) is 49.7. The summed E-state index contributed by atoms with van der Waals surface area (Å²) in [6.07, 6.45) is -7.61. The molecular weight excluding hydrogens is 336 g/mol. The van der Waals surface area contributed by atoms with Crippen LogP contribution >= 0.6 is 0 Å². The van der Waals surface area contributed by atoms with Gasteiger partial charge < -0.3 is 39.7 Å². The average Bonchev–Trinajstić information content (AvgIpc) is 2.81. The molecule has 3 aliphatic rings. The van der Waals surface area contributed by atoms with E-state index in [4.69, 9.17) is 14.2 Å². The van der Waals surface area contributed by atoms with Crippen molar-refractivity contribution in [3.05, 3.63) is 0 Å². The van der Waals surface area contributed by atoms with Gasteiger partial charge in [-0.1, -0.05) is 6.92 Å². The molecule has 1 saturated carbocycles. The van der Waals surface area contributed by atoms with E-state index >= 15 is 0 Å². The van der Waals surface area contributed by atoms with Crippen LogP contribution in [0.15, 0.2) is 0 Å². The van der Waals surface area contributed by atoms with Crippen LogP contribution in [0.1, 0.15) is 26.7 Å². The van der Waals surface area contributed by atoms with E-state index in [9.17, 15) is 30.3 Å². The van der Waals surface area contributed by atoms with Gasteiger partial charge in [-0.15, -0.1) is 0 Å². The summed E-state index contributed by atoms with van der Waals surface area (Å²) >= 11 is 0. The predicted octanol–water partition coefficient (Wildman–Crippen LogP) is -2.11. The smallest absolute Gasteiger partial charge is 0.309 e. The van der Waals surface area contributed by atoms with Crippen LogP contribution < -0.4 is 0 Å². The molecule has 1 aliphatic carbocycles. The van der Waals surface area contributed by atoms with E-state index in [0.29, 0.717) is 6.42 Å². The highest BCUT2D eigenvalue weighted by Crippen LogP contribution is 2.44. The second-order valence-electron chi connectivity index (χ2n) is 7.55. The lowest BCUT2D eigenvalue weighted by Crippen LogP contribution is -2.61. The number of fused-ring (bicyclic) bond motifs is 1. The van der Waals surface area contributed by atoms with Crippen molar-refractivity contribution in [1.82, 2.24) is 0 Å². The number of aliphatic hydroxyl groups is 5. The van der Waals surface area contributed by atoms with Crippen LogP contribution in [0.25, 0.3) is 0 Å². The fourth-order valence-electron chi connectivity index (χ4n) is 3.97. The molecule has 2 aliphatic heterocycles. The van der Waals surface area contributed by atoms with E-state index in [1.165, 1.54) is 0 Å². The maximum atomic E-state index is 11.8. The molecule has 0 spiro atoms. The lowest BCUT2D eigenvalue weighted by atomic mass is 9.72. The zero-order chi connectivity index (χ0) is 18.5. The van der Waals surface area contributed by atoms with Crippen LogP contribution in [0, 0.1) is 11.8 Å². The molecule has 0 aromatic heterocycles. The standard InChI is InChI=1S/C16H26O9/c1-6-7-3-10(16(2,22)4-8(7)23-14(6)21)25-15-13(20)12(19)11(18)9(5-17)24-15/h6-13,15,17-20,22H,3-5H2,1-2H3. The highest BCUT2D eigenvalue weighted by Gasteiger charge is 2.54. The third-order valence-corrected chi connectivity index (χ3v) is 5.70. The quantitative estimate of drug-likeness (QED) is 0.356. The molecule has 0 bridgehead atoms. The molecule has 3 rings (SSSR count). The second kappa shape index (κ2) is 6.73. The Morgan fingerprint density at radius 3 is 2.56 bits per heavy atom.